The van der Waals surface area contributed by atoms with Crippen LogP contribution in [0.5, 0.6) is 0 Å². The highest BCUT2D eigenvalue weighted by atomic mass is 19.1. The Bertz CT molecular complexity index is 1420. The quantitative estimate of drug-likeness (QED) is 0.372. The molecule has 0 aliphatic heterocycles. The number of nitriles is 1. The van der Waals surface area contributed by atoms with Gasteiger partial charge in [0.1, 0.15) is 23.9 Å². The number of pyridine rings is 2. The van der Waals surface area contributed by atoms with Crippen LogP contribution < -0.4 is 10.6 Å². The Hall–Kier alpha value is -4.43. The molecule has 1 atom stereocenters. The Morgan fingerprint density at radius 2 is 2.00 bits per heavy atom. The van der Waals surface area contributed by atoms with Gasteiger partial charge in [-0.05, 0) is 50.2 Å². The normalized spacial score (nSPS) is 12.2. The predicted octanol–water partition coefficient (Wildman–Crippen LogP) is 3.38. The van der Waals surface area contributed by atoms with Gasteiger partial charge in [-0.1, -0.05) is 0 Å². The molecule has 9 nitrogen and oxygen atoms in total. The summed E-state index contributed by atoms with van der Waals surface area (Å²) < 4.78 is 29.1. The molecule has 0 spiro atoms. The van der Waals surface area contributed by atoms with Crippen LogP contribution in [0.4, 0.5) is 20.3 Å². The third-order valence-electron chi connectivity index (χ3n) is 5.24. The predicted molar refractivity (Wildman–Crippen MR) is 124 cm³/mol. The average Bonchev–Trinajstić information content (AvgIpc) is 3.26. The van der Waals surface area contributed by atoms with Crippen LogP contribution in [0.25, 0.3) is 16.9 Å². The molecule has 1 amide bonds. The summed E-state index contributed by atoms with van der Waals surface area (Å²) in [5.41, 5.74) is 0.878. The van der Waals surface area contributed by atoms with Gasteiger partial charge in [-0.2, -0.15) is 10.4 Å². The Morgan fingerprint density at radius 1 is 1.20 bits per heavy atom. The fraction of sp³-hybridized carbons (Fsp3) is 0.208. The standard InChI is InChI=1S/C24H21F2N7O2/c1-24(2,35)21(26)13-30-23(34)17-12-28-19(8-18(17)32-22-6-3-15(25)11-29-22)20-5-4-16-7-14(9-27)10-31-33(16)20/h3-8,10-12,21,35H,13H2,1-2H3,(H,30,34)(H,28,29,32)/t21-/m1/s1. The van der Waals surface area contributed by atoms with Gasteiger partial charge in [-0.3, -0.25) is 9.78 Å². The summed E-state index contributed by atoms with van der Waals surface area (Å²) >= 11 is 0. The van der Waals surface area contributed by atoms with Crippen LogP contribution in [0.1, 0.15) is 29.8 Å². The number of fused-ring (bicyclic) bond motifs is 1. The molecule has 4 aromatic rings. The number of aliphatic hydroxyl groups is 1. The fourth-order valence-electron chi connectivity index (χ4n) is 3.25. The molecule has 4 rings (SSSR count). The van der Waals surface area contributed by atoms with Crippen molar-refractivity contribution in [1.82, 2.24) is 24.9 Å². The van der Waals surface area contributed by atoms with Crippen molar-refractivity contribution in [2.75, 3.05) is 11.9 Å². The molecule has 0 fully saturated rings. The molecule has 11 heteroatoms. The van der Waals surface area contributed by atoms with Gasteiger partial charge in [0.05, 0.1) is 58.3 Å². The van der Waals surface area contributed by atoms with Crippen molar-refractivity contribution in [3.63, 3.8) is 0 Å². The van der Waals surface area contributed by atoms with Crippen LogP contribution in [0.3, 0.4) is 0 Å². The maximum Gasteiger partial charge on any atom is 0.255 e. The number of carbonyl (C=O) groups is 1. The number of nitrogens with zero attached hydrogens (tertiary/aromatic N) is 5. The summed E-state index contributed by atoms with van der Waals surface area (Å²) in [7, 11) is 0. The Kier molecular flexibility index (Phi) is 6.40. The smallest absolute Gasteiger partial charge is 0.255 e. The first-order valence-electron chi connectivity index (χ1n) is 10.6. The van der Waals surface area contributed by atoms with Crippen LogP contribution in [0.2, 0.25) is 0 Å². The van der Waals surface area contributed by atoms with Crippen LogP contribution in [0, 0.1) is 17.1 Å². The highest BCUT2D eigenvalue weighted by Crippen LogP contribution is 2.27. The number of aromatic nitrogens is 4. The molecule has 0 radical (unpaired) electrons. The number of carbonyl (C=O) groups excluding carboxylic acids is 1. The molecule has 0 aliphatic carbocycles. The second-order valence-electron chi connectivity index (χ2n) is 8.34. The molecular formula is C24H21F2N7O2. The van der Waals surface area contributed by atoms with Gasteiger partial charge in [0.15, 0.2) is 0 Å². The van der Waals surface area contributed by atoms with Crippen molar-refractivity contribution in [3.05, 3.63) is 71.9 Å². The van der Waals surface area contributed by atoms with Crippen LogP contribution in [0.15, 0.2) is 55.0 Å². The third kappa shape index (κ3) is 5.23. The summed E-state index contributed by atoms with van der Waals surface area (Å²) in [6, 6.07) is 11.5. The Morgan fingerprint density at radius 3 is 2.69 bits per heavy atom. The van der Waals surface area contributed by atoms with E-state index in [-0.39, 0.29) is 17.1 Å². The number of hydrogen-bond acceptors (Lipinski definition) is 7. The van der Waals surface area contributed by atoms with Crippen LogP contribution in [-0.4, -0.2) is 48.9 Å². The molecule has 4 aromatic heterocycles. The summed E-state index contributed by atoms with van der Waals surface area (Å²) in [6.45, 7) is 2.21. The zero-order chi connectivity index (χ0) is 25.2. The molecule has 0 saturated carbocycles. The third-order valence-corrected chi connectivity index (χ3v) is 5.24. The van der Waals surface area contributed by atoms with Crippen molar-refractivity contribution >= 4 is 22.9 Å². The molecule has 0 aliphatic rings. The molecule has 0 unspecified atom stereocenters. The van der Waals surface area contributed by atoms with E-state index in [0.717, 1.165) is 6.20 Å². The van der Waals surface area contributed by atoms with E-state index in [0.29, 0.717) is 22.5 Å². The van der Waals surface area contributed by atoms with Crippen molar-refractivity contribution in [2.24, 2.45) is 0 Å². The van der Waals surface area contributed by atoms with E-state index in [1.54, 1.807) is 28.8 Å². The number of halogens is 2. The monoisotopic (exact) mass is 477 g/mol. The number of alkyl halides is 1. The van der Waals surface area contributed by atoms with E-state index in [1.165, 1.54) is 38.4 Å². The van der Waals surface area contributed by atoms with E-state index >= 15 is 0 Å². The lowest BCUT2D eigenvalue weighted by Crippen LogP contribution is -2.42. The van der Waals surface area contributed by atoms with Gasteiger partial charge in [-0.25, -0.2) is 18.3 Å². The Labute approximate surface area is 199 Å². The summed E-state index contributed by atoms with van der Waals surface area (Å²) in [5.74, 6) is -0.876. The van der Waals surface area contributed by atoms with Crippen molar-refractivity contribution in [1.29, 1.82) is 5.26 Å². The van der Waals surface area contributed by atoms with Crippen molar-refractivity contribution < 1.29 is 18.7 Å². The lowest BCUT2D eigenvalue weighted by molar-refractivity contribution is -0.00177. The molecule has 3 N–H and O–H groups in total. The van der Waals surface area contributed by atoms with Gasteiger partial charge in [0, 0.05) is 6.20 Å². The number of nitrogens with one attached hydrogen (secondary N) is 2. The van der Waals surface area contributed by atoms with Crippen LogP contribution in [-0.2, 0) is 0 Å². The second kappa shape index (κ2) is 9.44. The van der Waals surface area contributed by atoms with Crippen molar-refractivity contribution in [3.8, 4) is 17.5 Å². The zero-order valence-electron chi connectivity index (χ0n) is 18.8. The SMILES string of the molecule is CC(C)(O)[C@H](F)CNC(=O)c1cnc(-c2ccc3cc(C#N)cnn23)cc1Nc1ccc(F)cn1. The van der Waals surface area contributed by atoms with E-state index in [2.05, 4.69) is 25.7 Å². The van der Waals surface area contributed by atoms with Gasteiger partial charge in [0.25, 0.3) is 5.91 Å². The molecule has 35 heavy (non-hydrogen) atoms. The molecule has 0 aromatic carbocycles. The molecular weight excluding hydrogens is 456 g/mol. The topological polar surface area (TPSA) is 128 Å². The van der Waals surface area contributed by atoms with E-state index in [1.807, 2.05) is 6.07 Å². The molecule has 4 heterocycles. The lowest BCUT2D eigenvalue weighted by Gasteiger charge is -2.22. The first-order valence-corrected chi connectivity index (χ1v) is 10.6. The maximum absolute atomic E-state index is 14.2. The van der Waals surface area contributed by atoms with Crippen LogP contribution >= 0.6 is 0 Å². The molecule has 178 valence electrons. The van der Waals surface area contributed by atoms with Gasteiger partial charge >= 0.3 is 0 Å². The minimum absolute atomic E-state index is 0.0865. The second-order valence-corrected chi connectivity index (χ2v) is 8.34. The largest absolute Gasteiger partial charge is 0.387 e. The zero-order valence-corrected chi connectivity index (χ0v) is 18.8. The summed E-state index contributed by atoms with van der Waals surface area (Å²) in [6.07, 6.45) is 2.08. The van der Waals surface area contributed by atoms with Gasteiger partial charge in [0.2, 0.25) is 0 Å². The highest BCUT2D eigenvalue weighted by molar-refractivity contribution is 6.00. The fourth-order valence-corrected chi connectivity index (χ4v) is 3.25. The number of amides is 1. The lowest BCUT2D eigenvalue weighted by atomic mass is 10.0. The number of anilines is 2. The van der Waals surface area contributed by atoms with E-state index in [9.17, 15) is 18.7 Å². The first-order chi connectivity index (χ1) is 16.7. The minimum atomic E-state index is -1.69. The van der Waals surface area contributed by atoms with E-state index < -0.39 is 30.0 Å². The van der Waals surface area contributed by atoms with Gasteiger partial charge in [-0.15, -0.1) is 0 Å². The summed E-state index contributed by atoms with van der Waals surface area (Å²) in [5, 5.41) is 28.6. The highest BCUT2D eigenvalue weighted by Gasteiger charge is 2.27. The van der Waals surface area contributed by atoms with Gasteiger partial charge < -0.3 is 15.7 Å². The maximum atomic E-state index is 14.2. The first kappa shape index (κ1) is 23.7. The molecule has 0 saturated heterocycles. The Balaban J connectivity index is 1.71. The molecule has 0 bridgehead atoms. The summed E-state index contributed by atoms with van der Waals surface area (Å²) in [4.78, 5) is 21.2. The van der Waals surface area contributed by atoms with Crippen molar-refractivity contribution in [2.45, 2.75) is 25.6 Å². The van der Waals surface area contributed by atoms with E-state index in [4.69, 9.17) is 5.26 Å². The number of rotatable bonds is 7. The minimum Gasteiger partial charge on any atom is -0.387 e. The average molecular weight is 477 g/mol. The number of hydrogen-bond donors (Lipinski definition) is 3.